The molecular weight excluding hydrogens is 294 g/mol. The van der Waals surface area contributed by atoms with Crippen molar-refractivity contribution in [3.8, 4) is 0 Å². The van der Waals surface area contributed by atoms with Crippen molar-refractivity contribution in [1.82, 2.24) is 15.2 Å². The van der Waals surface area contributed by atoms with Crippen LogP contribution in [0.15, 0.2) is 35.1 Å². The van der Waals surface area contributed by atoms with Crippen LogP contribution in [0.2, 0.25) is 0 Å². The molecule has 5 nitrogen and oxygen atoms in total. The van der Waals surface area contributed by atoms with Crippen molar-refractivity contribution < 1.29 is 0 Å². The quantitative estimate of drug-likeness (QED) is 0.457. The molecule has 0 radical (unpaired) electrons. The lowest BCUT2D eigenvalue weighted by atomic mass is 10.0. The summed E-state index contributed by atoms with van der Waals surface area (Å²) in [6.07, 6.45) is 3.76. The molecule has 2 rings (SSSR count). The number of nitrogens with zero attached hydrogens (tertiary/aromatic N) is 2. The first-order chi connectivity index (χ1) is 8.65. The topological polar surface area (TPSA) is 81.9 Å². The number of benzene rings is 1. The Morgan fingerprint density at radius 1 is 1.50 bits per heavy atom. The zero-order valence-corrected chi connectivity index (χ0v) is 11.7. The molecule has 96 valence electrons. The van der Waals surface area contributed by atoms with E-state index >= 15 is 0 Å². The van der Waals surface area contributed by atoms with Gasteiger partial charge in [-0.05, 0) is 30.7 Å². The van der Waals surface area contributed by atoms with Crippen LogP contribution in [-0.2, 0) is 6.54 Å². The summed E-state index contributed by atoms with van der Waals surface area (Å²) in [7, 11) is 0. The van der Waals surface area contributed by atoms with E-state index < -0.39 is 0 Å². The monoisotopic (exact) mass is 309 g/mol. The van der Waals surface area contributed by atoms with E-state index in [4.69, 9.17) is 11.6 Å². The molecule has 0 aliphatic heterocycles. The smallest absolute Gasteiger partial charge is 0.0761 e. The number of hydrazine groups is 1. The van der Waals surface area contributed by atoms with Gasteiger partial charge in [0.2, 0.25) is 0 Å². The van der Waals surface area contributed by atoms with Gasteiger partial charge in [0.25, 0.3) is 0 Å². The Kier molecular flexibility index (Phi) is 4.00. The van der Waals surface area contributed by atoms with Crippen molar-refractivity contribution in [2.45, 2.75) is 19.5 Å². The minimum absolute atomic E-state index is 0.164. The summed E-state index contributed by atoms with van der Waals surface area (Å²) in [5.41, 5.74) is 11.4. The SMILES string of the molecule is CCn1cc(C(NN)c2cc(Br)ccc2N)cn1. The molecule has 1 unspecified atom stereocenters. The van der Waals surface area contributed by atoms with Crippen LogP contribution in [0.4, 0.5) is 5.69 Å². The third kappa shape index (κ3) is 2.55. The van der Waals surface area contributed by atoms with Crippen molar-refractivity contribution in [3.63, 3.8) is 0 Å². The molecule has 0 bridgehead atoms. The first kappa shape index (κ1) is 13.1. The second kappa shape index (κ2) is 5.51. The van der Waals surface area contributed by atoms with E-state index in [2.05, 4.69) is 26.5 Å². The number of nitrogens with one attached hydrogen (secondary N) is 1. The average Bonchev–Trinajstić information content (AvgIpc) is 2.83. The maximum absolute atomic E-state index is 6.00. The molecule has 0 amide bonds. The molecular formula is C12H16BrN5. The summed E-state index contributed by atoms with van der Waals surface area (Å²) in [6, 6.07) is 5.56. The Morgan fingerprint density at radius 2 is 2.28 bits per heavy atom. The van der Waals surface area contributed by atoms with Crippen LogP contribution in [0.1, 0.15) is 24.1 Å². The van der Waals surface area contributed by atoms with Gasteiger partial charge in [-0.1, -0.05) is 15.9 Å². The van der Waals surface area contributed by atoms with Gasteiger partial charge in [-0.15, -0.1) is 0 Å². The van der Waals surface area contributed by atoms with Crippen molar-refractivity contribution >= 4 is 21.6 Å². The zero-order valence-electron chi connectivity index (χ0n) is 10.1. The Balaban J connectivity index is 2.41. The standard InChI is InChI=1S/C12H16BrN5/c1-2-18-7-8(6-16-18)12(17-15)10-5-9(13)3-4-11(10)14/h3-7,12,17H,2,14-15H2,1H3. The molecule has 0 fully saturated rings. The van der Waals surface area contributed by atoms with Crippen LogP contribution in [0.25, 0.3) is 0 Å². The van der Waals surface area contributed by atoms with Gasteiger partial charge >= 0.3 is 0 Å². The molecule has 6 heteroatoms. The van der Waals surface area contributed by atoms with Gasteiger partial charge in [-0.25, -0.2) is 5.43 Å². The molecule has 0 saturated carbocycles. The van der Waals surface area contributed by atoms with Crippen LogP contribution in [0, 0.1) is 0 Å². The summed E-state index contributed by atoms with van der Waals surface area (Å²) in [5, 5.41) is 4.25. The molecule has 1 aromatic heterocycles. The van der Waals surface area contributed by atoms with Gasteiger partial charge < -0.3 is 5.73 Å². The van der Waals surface area contributed by atoms with Crippen LogP contribution < -0.4 is 17.0 Å². The van der Waals surface area contributed by atoms with Gasteiger partial charge in [0.15, 0.2) is 0 Å². The minimum Gasteiger partial charge on any atom is -0.398 e. The average molecular weight is 310 g/mol. The fraction of sp³-hybridized carbons (Fsp3) is 0.250. The molecule has 0 aliphatic carbocycles. The summed E-state index contributed by atoms with van der Waals surface area (Å²) in [5.74, 6) is 5.65. The summed E-state index contributed by atoms with van der Waals surface area (Å²) in [6.45, 7) is 2.86. The Bertz CT molecular complexity index is 537. The number of rotatable bonds is 4. The molecule has 1 atom stereocenters. The number of hydrogen-bond donors (Lipinski definition) is 3. The zero-order chi connectivity index (χ0) is 13.1. The van der Waals surface area contributed by atoms with Crippen LogP contribution in [0.5, 0.6) is 0 Å². The minimum atomic E-state index is -0.164. The van der Waals surface area contributed by atoms with Crippen molar-refractivity contribution in [2.75, 3.05) is 5.73 Å². The number of nitrogen functional groups attached to an aromatic ring is 1. The van der Waals surface area contributed by atoms with Gasteiger partial charge in [0, 0.05) is 28.5 Å². The van der Waals surface area contributed by atoms with E-state index in [0.717, 1.165) is 22.1 Å². The highest BCUT2D eigenvalue weighted by molar-refractivity contribution is 9.10. The number of aryl methyl sites for hydroxylation is 1. The van der Waals surface area contributed by atoms with Crippen molar-refractivity contribution in [2.24, 2.45) is 5.84 Å². The Labute approximate surface area is 114 Å². The highest BCUT2D eigenvalue weighted by atomic mass is 79.9. The molecule has 18 heavy (non-hydrogen) atoms. The van der Waals surface area contributed by atoms with E-state index in [1.807, 2.05) is 36.0 Å². The van der Waals surface area contributed by atoms with E-state index in [9.17, 15) is 0 Å². The maximum atomic E-state index is 6.00. The highest BCUT2D eigenvalue weighted by Gasteiger charge is 2.17. The van der Waals surface area contributed by atoms with Crippen LogP contribution in [0.3, 0.4) is 0 Å². The summed E-state index contributed by atoms with van der Waals surface area (Å²) >= 11 is 3.44. The lowest BCUT2D eigenvalue weighted by molar-refractivity contribution is 0.631. The Hall–Kier alpha value is -1.37. The molecule has 1 heterocycles. The van der Waals surface area contributed by atoms with Crippen molar-refractivity contribution in [1.29, 1.82) is 0 Å². The van der Waals surface area contributed by atoms with E-state index in [1.54, 1.807) is 6.20 Å². The van der Waals surface area contributed by atoms with Crippen LogP contribution in [-0.4, -0.2) is 9.78 Å². The predicted molar refractivity (Wildman–Crippen MR) is 75.6 cm³/mol. The molecule has 0 saturated heterocycles. The number of hydrogen-bond acceptors (Lipinski definition) is 4. The fourth-order valence-electron chi connectivity index (χ4n) is 1.86. The largest absolute Gasteiger partial charge is 0.398 e. The second-order valence-electron chi connectivity index (χ2n) is 4.00. The maximum Gasteiger partial charge on any atom is 0.0761 e. The predicted octanol–water partition coefficient (Wildman–Crippen LogP) is 1.80. The van der Waals surface area contributed by atoms with E-state index in [0.29, 0.717) is 5.69 Å². The van der Waals surface area contributed by atoms with Crippen molar-refractivity contribution in [3.05, 3.63) is 46.2 Å². The second-order valence-corrected chi connectivity index (χ2v) is 4.92. The molecule has 1 aromatic carbocycles. The van der Waals surface area contributed by atoms with E-state index in [-0.39, 0.29) is 6.04 Å². The molecule has 2 aromatic rings. The first-order valence-electron chi connectivity index (χ1n) is 5.69. The lowest BCUT2D eigenvalue weighted by Gasteiger charge is -2.17. The molecule has 0 spiro atoms. The van der Waals surface area contributed by atoms with Gasteiger partial charge in [0.1, 0.15) is 0 Å². The number of aromatic nitrogens is 2. The summed E-state index contributed by atoms with van der Waals surface area (Å²) < 4.78 is 2.82. The fourth-order valence-corrected chi connectivity index (χ4v) is 2.24. The first-order valence-corrected chi connectivity index (χ1v) is 6.48. The molecule has 0 aliphatic rings. The highest BCUT2D eigenvalue weighted by Crippen LogP contribution is 2.28. The number of nitrogens with two attached hydrogens (primary N) is 2. The van der Waals surface area contributed by atoms with Gasteiger partial charge in [0.05, 0.1) is 12.2 Å². The normalized spacial score (nSPS) is 12.6. The number of anilines is 1. The van der Waals surface area contributed by atoms with Gasteiger partial charge in [-0.3, -0.25) is 10.5 Å². The number of halogens is 1. The van der Waals surface area contributed by atoms with Gasteiger partial charge in [-0.2, -0.15) is 5.10 Å². The Morgan fingerprint density at radius 3 is 2.89 bits per heavy atom. The lowest BCUT2D eigenvalue weighted by Crippen LogP contribution is -2.29. The summed E-state index contributed by atoms with van der Waals surface area (Å²) in [4.78, 5) is 0. The third-order valence-corrected chi connectivity index (χ3v) is 3.33. The van der Waals surface area contributed by atoms with Crippen LogP contribution >= 0.6 is 15.9 Å². The third-order valence-electron chi connectivity index (χ3n) is 2.84. The van der Waals surface area contributed by atoms with E-state index in [1.165, 1.54) is 0 Å². The molecule has 5 N–H and O–H groups in total.